The van der Waals surface area contributed by atoms with E-state index < -0.39 is 5.24 Å². The molecule has 0 aliphatic heterocycles. The van der Waals surface area contributed by atoms with E-state index in [4.69, 9.17) is 34.8 Å². The lowest BCUT2D eigenvalue weighted by molar-refractivity contribution is -0.165. The van der Waals surface area contributed by atoms with Crippen LogP contribution in [0.4, 0.5) is 0 Å². The average Bonchev–Trinajstić information content (AvgIpc) is 2.37. The second-order valence-electron chi connectivity index (χ2n) is 2.10. The number of alkyl halides is 2. The molecule has 0 aromatic carbocycles. The van der Waals surface area contributed by atoms with Gasteiger partial charge in [-0.05, 0) is 11.6 Å². The SMILES string of the molecule is C.CNOC.CON(C)C(=O)CCl.O=C(Cl)CCl. The molecule has 0 spiro atoms. The van der Waals surface area contributed by atoms with Crippen molar-refractivity contribution in [3.8, 4) is 0 Å². The Hall–Kier alpha value is -0.110. The normalized spacial score (nSPS) is 7.72. The molecule has 0 aliphatic rings. The van der Waals surface area contributed by atoms with Gasteiger partial charge < -0.3 is 4.84 Å². The van der Waals surface area contributed by atoms with Gasteiger partial charge in [0.2, 0.25) is 5.24 Å². The van der Waals surface area contributed by atoms with Crippen LogP contribution in [-0.4, -0.2) is 56.3 Å². The highest BCUT2D eigenvalue weighted by Gasteiger charge is 2.02. The Bertz CT molecular complexity index is 195. The highest BCUT2D eigenvalue weighted by atomic mass is 35.5. The van der Waals surface area contributed by atoms with E-state index in [0.29, 0.717) is 0 Å². The lowest BCUT2D eigenvalue weighted by Crippen LogP contribution is -2.26. The summed E-state index contributed by atoms with van der Waals surface area (Å²) in [5.74, 6) is -0.375. The van der Waals surface area contributed by atoms with Crippen LogP contribution in [0.25, 0.3) is 0 Å². The van der Waals surface area contributed by atoms with Crippen LogP contribution in [0, 0.1) is 0 Å². The second kappa shape index (κ2) is 22.1. The Morgan fingerprint density at radius 3 is 1.61 bits per heavy atom. The van der Waals surface area contributed by atoms with Crippen molar-refractivity contribution in [3.05, 3.63) is 0 Å². The van der Waals surface area contributed by atoms with E-state index in [-0.39, 0.29) is 25.1 Å². The standard InChI is InChI=1S/C4H8ClNO2.C2H2Cl2O.C2H7NO.CH4/c1-6(8-2)4(7)3-5;3-1-2(4)5;1-3-4-2;/h3H2,1-2H3;1H2;3H,1-2H3;1H4. The topological polar surface area (TPSA) is 67.9 Å². The van der Waals surface area contributed by atoms with Crippen molar-refractivity contribution < 1.29 is 19.3 Å². The van der Waals surface area contributed by atoms with Crippen molar-refractivity contribution in [1.29, 1.82) is 0 Å². The van der Waals surface area contributed by atoms with E-state index in [0.717, 1.165) is 5.06 Å². The minimum absolute atomic E-state index is 0. The first kappa shape index (κ1) is 26.5. The maximum atomic E-state index is 10.4. The fraction of sp³-hybridized carbons (Fsp3) is 0.778. The van der Waals surface area contributed by atoms with Crippen molar-refractivity contribution >= 4 is 46.0 Å². The average molecular weight is 328 g/mol. The van der Waals surface area contributed by atoms with Crippen LogP contribution in [0.3, 0.4) is 0 Å². The number of halogens is 3. The largest absolute Gasteiger partial charge is 0.305 e. The quantitative estimate of drug-likeness (QED) is 0.483. The number of carbonyl (C=O) groups excluding carboxylic acids is 2. The van der Waals surface area contributed by atoms with Gasteiger partial charge in [0.25, 0.3) is 5.91 Å². The van der Waals surface area contributed by atoms with Crippen LogP contribution < -0.4 is 5.48 Å². The molecule has 0 aromatic heterocycles. The Kier molecular flexibility index (Phi) is 32.5. The summed E-state index contributed by atoms with van der Waals surface area (Å²) >= 11 is 14.7. The summed E-state index contributed by atoms with van der Waals surface area (Å²) in [6.07, 6.45) is 0. The van der Waals surface area contributed by atoms with Gasteiger partial charge in [-0.15, -0.1) is 23.2 Å². The summed E-state index contributed by atoms with van der Waals surface area (Å²) in [4.78, 5) is 28.7. The molecular weight excluding hydrogens is 306 g/mol. The van der Waals surface area contributed by atoms with E-state index in [1.165, 1.54) is 14.2 Å². The third kappa shape index (κ3) is 29.7. The number of amides is 1. The highest BCUT2D eigenvalue weighted by molar-refractivity contribution is 6.67. The van der Waals surface area contributed by atoms with Crippen molar-refractivity contribution in [2.75, 3.05) is 40.1 Å². The summed E-state index contributed by atoms with van der Waals surface area (Å²) in [5.41, 5.74) is 2.43. The van der Waals surface area contributed by atoms with Crippen LogP contribution >= 0.6 is 34.8 Å². The summed E-state index contributed by atoms with van der Waals surface area (Å²) in [5, 5.41) is 0.569. The lowest BCUT2D eigenvalue weighted by Gasteiger charge is -2.10. The first-order chi connectivity index (χ1) is 7.90. The molecule has 0 unspecified atom stereocenters. The third-order valence-electron chi connectivity index (χ3n) is 1.05. The van der Waals surface area contributed by atoms with Gasteiger partial charge in [-0.25, -0.2) is 10.5 Å². The fourth-order valence-electron chi connectivity index (χ4n) is 0.186. The smallest absolute Gasteiger partial charge is 0.260 e. The molecule has 0 heterocycles. The van der Waals surface area contributed by atoms with Gasteiger partial charge in [-0.1, -0.05) is 7.43 Å². The lowest BCUT2D eigenvalue weighted by atomic mass is 10.7. The van der Waals surface area contributed by atoms with Crippen molar-refractivity contribution in [3.63, 3.8) is 0 Å². The summed E-state index contributed by atoms with van der Waals surface area (Å²) in [6, 6.07) is 0. The van der Waals surface area contributed by atoms with Gasteiger partial charge in [0.15, 0.2) is 0 Å². The van der Waals surface area contributed by atoms with Gasteiger partial charge in [-0.2, -0.15) is 0 Å². The minimum Gasteiger partial charge on any atom is -0.305 e. The molecule has 112 valence electrons. The van der Waals surface area contributed by atoms with Crippen LogP contribution in [0.5, 0.6) is 0 Å². The van der Waals surface area contributed by atoms with E-state index >= 15 is 0 Å². The molecule has 0 bridgehead atoms. The molecule has 1 N–H and O–H groups in total. The number of rotatable bonds is 4. The molecule has 1 amide bonds. The Labute approximate surface area is 123 Å². The maximum Gasteiger partial charge on any atom is 0.260 e. The first-order valence-electron chi connectivity index (χ1n) is 4.21. The van der Waals surface area contributed by atoms with Crippen molar-refractivity contribution in [2.24, 2.45) is 0 Å². The molecule has 0 saturated heterocycles. The molecule has 0 fully saturated rings. The monoisotopic (exact) mass is 326 g/mol. The predicted octanol–water partition coefficient (Wildman–Crippen LogP) is 1.64. The number of hydrogen-bond donors (Lipinski definition) is 1. The van der Waals surface area contributed by atoms with Gasteiger partial charge in [0, 0.05) is 14.1 Å². The summed E-state index contributed by atoms with van der Waals surface area (Å²) in [7, 11) is 6.19. The molecule has 0 aromatic rings. The zero-order valence-corrected chi connectivity index (χ0v) is 12.4. The van der Waals surface area contributed by atoms with Crippen LogP contribution in [0.15, 0.2) is 0 Å². The molecule has 0 aliphatic carbocycles. The molecule has 0 atom stereocenters. The predicted molar refractivity (Wildman–Crippen MR) is 74.9 cm³/mol. The molecule has 0 radical (unpaired) electrons. The fourth-order valence-corrected chi connectivity index (χ4v) is 0.354. The molecule has 18 heavy (non-hydrogen) atoms. The number of hydrogen-bond acceptors (Lipinski definition) is 5. The Balaban J connectivity index is -0.0000000855. The maximum absolute atomic E-state index is 10.4. The first-order valence-corrected chi connectivity index (χ1v) is 5.66. The Morgan fingerprint density at radius 2 is 1.56 bits per heavy atom. The summed E-state index contributed by atoms with van der Waals surface area (Å²) in [6.45, 7) is 0. The zero-order valence-electron chi connectivity index (χ0n) is 10.1. The molecule has 9 heteroatoms. The van der Waals surface area contributed by atoms with E-state index in [9.17, 15) is 9.59 Å². The van der Waals surface area contributed by atoms with Crippen LogP contribution in [0.2, 0.25) is 0 Å². The van der Waals surface area contributed by atoms with Gasteiger partial charge in [0.1, 0.15) is 5.88 Å². The number of hydroxylamine groups is 3. The van der Waals surface area contributed by atoms with E-state index in [1.54, 1.807) is 14.2 Å². The Morgan fingerprint density at radius 1 is 1.22 bits per heavy atom. The van der Waals surface area contributed by atoms with E-state index in [1.807, 2.05) is 0 Å². The molecule has 0 saturated carbocycles. The second-order valence-corrected chi connectivity index (χ2v) is 3.06. The number of nitrogens with zero attached hydrogens (tertiary/aromatic N) is 1. The van der Waals surface area contributed by atoms with Gasteiger partial charge in [-0.3, -0.25) is 14.4 Å². The van der Waals surface area contributed by atoms with Crippen LogP contribution in [-0.2, 0) is 19.3 Å². The van der Waals surface area contributed by atoms with Crippen molar-refractivity contribution in [2.45, 2.75) is 7.43 Å². The van der Waals surface area contributed by atoms with Crippen LogP contribution in [0.1, 0.15) is 7.43 Å². The van der Waals surface area contributed by atoms with Gasteiger partial charge in [0.05, 0.1) is 20.1 Å². The van der Waals surface area contributed by atoms with Gasteiger partial charge >= 0.3 is 0 Å². The van der Waals surface area contributed by atoms with E-state index in [2.05, 4.69) is 15.2 Å². The molecular formula is C9H21Cl3N2O4. The third-order valence-corrected chi connectivity index (χ3v) is 1.79. The summed E-state index contributed by atoms with van der Waals surface area (Å²) < 4.78 is 0. The highest BCUT2D eigenvalue weighted by Crippen LogP contribution is 1.85. The minimum atomic E-state index is -0.508. The zero-order chi connectivity index (χ0) is 14.3. The number of carbonyl (C=O) groups is 2. The number of nitrogens with one attached hydrogen (secondary N) is 1. The molecule has 0 rings (SSSR count). The van der Waals surface area contributed by atoms with Crippen molar-refractivity contribution in [1.82, 2.24) is 10.5 Å². The molecule has 6 nitrogen and oxygen atoms in total.